The van der Waals surface area contributed by atoms with Crippen LogP contribution in [0, 0.1) is 0 Å². The maximum atomic E-state index is 6.38. The van der Waals surface area contributed by atoms with Crippen LogP contribution in [-0.2, 0) is 6.42 Å². The molecular weight excluding hydrogens is 348 g/mol. The van der Waals surface area contributed by atoms with Gasteiger partial charge in [0.15, 0.2) is 5.82 Å². The van der Waals surface area contributed by atoms with Gasteiger partial charge in [-0.15, -0.1) is 17.5 Å². The van der Waals surface area contributed by atoms with Gasteiger partial charge in [-0.3, -0.25) is 0 Å². The molecule has 2 atom stereocenters. The average molecular weight is 371 g/mol. The van der Waals surface area contributed by atoms with Crippen LogP contribution in [0.1, 0.15) is 17.3 Å². The van der Waals surface area contributed by atoms with Crippen molar-refractivity contribution in [2.45, 2.75) is 18.4 Å². The quantitative estimate of drug-likeness (QED) is 0.744. The second-order valence-electron chi connectivity index (χ2n) is 6.53. The molecule has 136 valence electrons. The minimum atomic E-state index is 0. The van der Waals surface area contributed by atoms with E-state index >= 15 is 0 Å². The topological polar surface area (TPSA) is 72.9 Å². The van der Waals surface area contributed by atoms with Gasteiger partial charge in [-0.25, -0.2) is 0 Å². The zero-order valence-corrected chi connectivity index (χ0v) is 15.3. The molecule has 6 nitrogen and oxygen atoms in total. The number of aromatic nitrogens is 4. The summed E-state index contributed by atoms with van der Waals surface area (Å²) in [5, 5.41) is 12.2. The summed E-state index contributed by atoms with van der Waals surface area (Å²) in [7, 11) is 0. The summed E-state index contributed by atoms with van der Waals surface area (Å²) in [6, 6.07) is 20.7. The van der Waals surface area contributed by atoms with E-state index in [1.807, 2.05) is 41.1 Å². The molecule has 0 aliphatic carbocycles. The first kappa shape index (κ1) is 18.5. The van der Waals surface area contributed by atoms with E-state index in [0.717, 1.165) is 37.6 Å². The van der Waals surface area contributed by atoms with E-state index in [2.05, 4.69) is 44.7 Å². The van der Waals surface area contributed by atoms with Crippen LogP contribution in [0.15, 0.2) is 60.7 Å². The molecule has 26 heavy (non-hydrogen) atoms. The number of para-hydroxylation sites is 1. The third-order valence-electron chi connectivity index (χ3n) is 4.85. The molecule has 0 spiro atoms. The van der Waals surface area contributed by atoms with Gasteiger partial charge in [0.05, 0.1) is 5.69 Å². The normalized spacial score (nSPS) is 20.0. The molecule has 2 N–H and O–H groups in total. The molecule has 0 amide bonds. The number of nitrogens with zero attached hydrogens (tertiary/aromatic N) is 5. The Balaban J connectivity index is 0.00000196. The van der Waals surface area contributed by atoms with E-state index in [9.17, 15) is 0 Å². The highest BCUT2D eigenvalue weighted by molar-refractivity contribution is 5.85. The van der Waals surface area contributed by atoms with Gasteiger partial charge in [-0.1, -0.05) is 48.5 Å². The lowest BCUT2D eigenvalue weighted by molar-refractivity contribution is 0.332. The lowest BCUT2D eigenvalue weighted by Crippen LogP contribution is -2.29. The van der Waals surface area contributed by atoms with Crippen molar-refractivity contribution < 1.29 is 0 Å². The monoisotopic (exact) mass is 370 g/mol. The molecule has 3 aromatic rings. The lowest BCUT2D eigenvalue weighted by Gasteiger charge is -2.15. The molecule has 0 radical (unpaired) electrons. The fraction of sp³-hybridized carbons (Fsp3) is 0.316. The molecule has 0 unspecified atom stereocenters. The molecule has 7 heteroatoms. The molecule has 1 fully saturated rings. The first-order chi connectivity index (χ1) is 12.3. The zero-order chi connectivity index (χ0) is 17.1. The summed E-state index contributed by atoms with van der Waals surface area (Å²) in [6.07, 6.45) is 0.802. The van der Waals surface area contributed by atoms with E-state index in [0.29, 0.717) is 5.92 Å². The number of nitrogens with two attached hydrogens (primary N) is 1. The van der Waals surface area contributed by atoms with Crippen molar-refractivity contribution >= 4 is 12.4 Å². The first-order valence-corrected chi connectivity index (χ1v) is 8.67. The van der Waals surface area contributed by atoms with E-state index in [4.69, 9.17) is 5.73 Å². The number of benzene rings is 2. The molecule has 1 aliphatic rings. The standard InChI is InChI=1S/C19H22N6.ClH/c20-18-14-24(13-17(18)15-7-3-1-4-8-15)12-11-19-21-22-23-25(19)16-9-5-2-6-10-16;/h1-10,17-18H,11-14,20H2;1H/t17-,18+;/m0./s1. The number of halogens is 1. The van der Waals surface area contributed by atoms with Crippen molar-refractivity contribution in [1.29, 1.82) is 0 Å². The van der Waals surface area contributed by atoms with Gasteiger partial charge in [0.1, 0.15) is 0 Å². The maximum absolute atomic E-state index is 6.38. The Morgan fingerprint density at radius 2 is 1.65 bits per heavy atom. The molecule has 1 saturated heterocycles. The van der Waals surface area contributed by atoms with Crippen LogP contribution in [0.25, 0.3) is 5.69 Å². The highest BCUT2D eigenvalue weighted by atomic mass is 35.5. The molecule has 0 saturated carbocycles. The SMILES string of the molecule is Cl.N[C@@H]1CN(CCc2nnnn2-c2ccccc2)C[C@H]1c1ccccc1. The fourth-order valence-corrected chi connectivity index (χ4v) is 3.54. The van der Waals surface area contributed by atoms with Crippen LogP contribution in [0.4, 0.5) is 0 Å². The molecular formula is C19H23ClN6. The Hall–Kier alpha value is -2.28. The van der Waals surface area contributed by atoms with Gasteiger partial charge in [-0.2, -0.15) is 4.68 Å². The molecule has 2 aromatic carbocycles. The maximum Gasteiger partial charge on any atom is 0.157 e. The second kappa shape index (κ2) is 8.40. The predicted molar refractivity (Wildman–Crippen MR) is 104 cm³/mol. The molecule has 0 bridgehead atoms. The van der Waals surface area contributed by atoms with E-state index < -0.39 is 0 Å². The molecule has 4 rings (SSSR count). The Morgan fingerprint density at radius 1 is 0.962 bits per heavy atom. The number of hydrogen-bond donors (Lipinski definition) is 1. The predicted octanol–water partition coefficient (Wildman–Crippen LogP) is 2.05. The minimum Gasteiger partial charge on any atom is -0.326 e. The van der Waals surface area contributed by atoms with Crippen LogP contribution >= 0.6 is 12.4 Å². The van der Waals surface area contributed by atoms with Crippen LogP contribution in [-0.4, -0.2) is 50.8 Å². The van der Waals surface area contributed by atoms with Crippen molar-refractivity contribution in [3.05, 3.63) is 72.1 Å². The van der Waals surface area contributed by atoms with Crippen molar-refractivity contribution in [2.24, 2.45) is 5.73 Å². The Kier molecular flexibility index (Phi) is 5.98. The second-order valence-corrected chi connectivity index (χ2v) is 6.53. The third-order valence-corrected chi connectivity index (χ3v) is 4.85. The van der Waals surface area contributed by atoms with E-state index in [1.54, 1.807) is 0 Å². The summed E-state index contributed by atoms with van der Waals surface area (Å²) in [5.74, 6) is 1.27. The number of likely N-dealkylation sites (tertiary alicyclic amines) is 1. The van der Waals surface area contributed by atoms with Gasteiger partial charge < -0.3 is 10.6 Å². The summed E-state index contributed by atoms with van der Waals surface area (Å²) in [4.78, 5) is 2.41. The fourth-order valence-electron chi connectivity index (χ4n) is 3.54. The van der Waals surface area contributed by atoms with Crippen molar-refractivity contribution in [2.75, 3.05) is 19.6 Å². The van der Waals surface area contributed by atoms with Crippen LogP contribution in [0.2, 0.25) is 0 Å². The zero-order valence-electron chi connectivity index (χ0n) is 14.5. The number of tetrazole rings is 1. The van der Waals surface area contributed by atoms with Crippen molar-refractivity contribution in [3.63, 3.8) is 0 Å². The van der Waals surface area contributed by atoms with Gasteiger partial charge >= 0.3 is 0 Å². The van der Waals surface area contributed by atoms with Gasteiger partial charge in [0.2, 0.25) is 0 Å². The van der Waals surface area contributed by atoms with E-state index in [1.165, 1.54) is 5.56 Å². The summed E-state index contributed by atoms with van der Waals surface area (Å²) in [5.41, 5.74) is 8.70. The minimum absolute atomic E-state index is 0. The summed E-state index contributed by atoms with van der Waals surface area (Å²) in [6.45, 7) is 2.80. The average Bonchev–Trinajstić information content (AvgIpc) is 3.28. The van der Waals surface area contributed by atoms with Gasteiger partial charge in [-0.05, 0) is 28.1 Å². The first-order valence-electron chi connectivity index (χ1n) is 8.67. The summed E-state index contributed by atoms with van der Waals surface area (Å²) < 4.78 is 1.81. The smallest absolute Gasteiger partial charge is 0.157 e. The van der Waals surface area contributed by atoms with Gasteiger partial charge in [0.25, 0.3) is 0 Å². The molecule has 1 aromatic heterocycles. The lowest BCUT2D eigenvalue weighted by atomic mass is 9.95. The molecule has 2 heterocycles. The van der Waals surface area contributed by atoms with Crippen LogP contribution in [0.3, 0.4) is 0 Å². The Morgan fingerprint density at radius 3 is 2.38 bits per heavy atom. The van der Waals surface area contributed by atoms with E-state index in [-0.39, 0.29) is 18.4 Å². The van der Waals surface area contributed by atoms with Crippen LogP contribution < -0.4 is 5.73 Å². The Bertz CT molecular complexity index is 807. The van der Waals surface area contributed by atoms with Crippen molar-refractivity contribution in [1.82, 2.24) is 25.1 Å². The summed E-state index contributed by atoms with van der Waals surface area (Å²) >= 11 is 0. The highest BCUT2D eigenvalue weighted by Crippen LogP contribution is 2.26. The third kappa shape index (κ3) is 3.93. The van der Waals surface area contributed by atoms with Crippen LogP contribution in [0.5, 0.6) is 0 Å². The largest absolute Gasteiger partial charge is 0.326 e. The number of rotatable bonds is 5. The van der Waals surface area contributed by atoms with Crippen molar-refractivity contribution in [3.8, 4) is 5.69 Å². The number of hydrogen-bond acceptors (Lipinski definition) is 5. The highest BCUT2D eigenvalue weighted by Gasteiger charge is 2.31. The van der Waals surface area contributed by atoms with Gasteiger partial charge in [0, 0.05) is 38.0 Å². The molecule has 1 aliphatic heterocycles. The Labute approximate surface area is 159 Å².